The van der Waals surface area contributed by atoms with E-state index >= 15 is 0 Å². The van der Waals surface area contributed by atoms with Crippen molar-refractivity contribution in [2.24, 2.45) is 0 Å². The van der Waals surface area contributed by atoms with Crippen LogP contribution in [0.15, 0.2) is 18.2 Å². The van der Waals surface area contributed by atoms with Crippen LogP contribution < -0.4 is 21.3 Å². The van der Waals surface area contributed by atoms with Gasteiger partial charge in [-0.25, -0.2) is 4.79 Å². The molecule has 0 bridgehead atoms. The molecule has 4 N–H and O–H groups in total. The van der Waals surface area contributed by atoms with Crippen LogP contribution in [-0.2, 0) is 6.18 Å². The van der Waals surface area contributed by atoms with Crippen molar-refractivity contribution >= 4 is 23.3 Å². The second-order valence-electron chi connectivity index (χ2n) is 7.44. The monoisotopic (exact) mass is 436 g/mol. The van der Waals surface area contributed by atoms with Crippen molar-refractivity contribution in [2.75, 3.05) is 39.5 Å². The van der Waals surface area contributed by atoms with Crippen LogP contribution in [0.2, 0.25) is 5.02 Å². The summed E-state index contributed by atoms with van der Waals surface area (Å²) < 4.78 is 39.0. The first kappa shape index (κ1) is 23.7. The second-order valence-corrected chi connectivity index (χ2v) is 7.84. The molecule has 1 fully saturated rings. The number of alkyl halides is 3. The number of likely N-dealkylation sites (N-methyl/N-ethyl adjacent to an activating group) is 1. The number of hydrogen-bond donors (Lipinski definition) is 4. The number of anilines is 1. The molecule has 0 aliphatic carbocycles. The summed E-state index contributed by atoms with van der Waals surface area (Å²) >= 11 is 5.61. The zero-order chi connectivity index (χ0) is 21.8. The van der Waals surface area contributed by atoms with Crippen molar-refractivity contribution in [2.45, 2.75) is 38.0 Å². The van der Waals surface area contributed by atoms with Crippen molar-refractivity contribution in [3.63, 3.8) is 0 Å². The van der Waals surface area contributed by atoms with Gasteiger partial charge in [-0.1, -0.05) is 11.6 Å². The molecule has 1 aromatic carbocycles. The molecule has 7 nitrogen and oxygen atoms in total. The Morgan fingerprint density at radius 2 is 2.07 bits per heavy atom. The summed E-state index contributed by atoms with van der Waals surface area (Å²) in [5.74, 6) is 0. The van der Waals surface area contributed by atoms with Crippen LogP contribution in [0.4, 0.5) is 23.7 Å². The molecule has 0 radical (unpaired) electrons. The first-order valence-corrected chi connectivity index (χ1v) is 9.65. The van der Waals surface area contributed by atoms with E-state index in [1.54, 1.807) is 0 Å². The summed E-state index contributed by atoms with van der Waals surface area (Å²) in [7, 11) is 5.85. The van der Waals surface area contributed by atoms with Gasteiger partial charge in [-0.3, -0.25) is 10.2 Å². The Morgan fingerprint density at radius 3 is 2.69 bits per heavy atom. The van der Waals surface area contributed by atoms with Crippen LogP contribution in [0.1, 0.15) is 18.9 Å². The van der Waals surface area contributed by atoms with E-state index in [-0.39, 0.29) is 17.9 Å². The van der Waals surface area contributed by atoms with Crippen molar-refractivity contribution in [3.05, 3.63) is 28.8 Å². The average Bonchev–Trinajstić information content (AvgIpc) is 2.59. The Morgan fingerprint density at radius 1 is 1.38 bits per heavy atom. The largest absolute Gasteiger partial charge is 0.417 e. The lowest BCUT2D eigenvalue weighted by Gasteiger charge is -2.43. The number of amides is 2. The molecule has 164 valence electrons. The maximum atomic E-state index is 13.0. The van der Waals surface area contributed by atoms with Gasteiger partial charge < -0.3 is 20.9 Å². The Labute approximate surface area is 173 Å². The van der Waals surface area contributed by atoms with Gasteiger partial charge in [0.15, 0.2) is 0 Å². The van der Waals surface area contributed by atoms with Crippen LogP contribution in [-0.4, -0.2) is 68.6 Å². The molecule has 0 saturated carbocycles. The lowest BCUT2D eigenvalue weighted by atomic mass is 10.1. The molecule has 0 spiro atoms. The summed E-state index contributed by atoms with van der Waals surface area (Å²) in [5.41, 5.74) is -0.991. The lowest BCUT2D eigenvalue weighted by molar-refractivity contribution is -0.137. The maximum absolute atomic E-state index is 13.0. The van der Waals surface area contributed by atoms with Gasteiger partial charge in [-0.2, -0.15) is 13.2 Å². The third-order valence-corrected chi connectivity index (χ3v) is 4.98. The summed E-state index contributed by atoms with van der Waals surface area (Å²) in [6.07, 6.45) is -4.19. The third-order valence-electron chi connectivity index (χ3n) is 4.65. The van der Waals surface area contributed by atoms with Crippen molar-refractivity contribution < 1.29 is 18.0 Å². The molecule has 1 saturated heterocycles. The fourth-order valence-electron chi connectivity index (χ4n) is 3.07. The normalized spacial score (nSPS) is 23.3. The van der Waals surface area contributed by atoms with E-state index in [4.69, 9.17) is 11.6 Å². The molecule has 3 unspecified atom stereocenters. The van der Waals surface area contributed by atoms with Gasteiger partial charge in [0.25, 0.3) is 0 Å². The zero-order valence-electron chi connectivity index (χ0n) is 16.9. The molecule has 1 heterocycles. The van der Waals surface area contributed by atoms with Gasteiger partial charge in [-0.05, 0) is 52.7 Å². The van der Waals surface area contributed by atoms with Gasteiger partial charge >= 0.3 is 12.2 Å². The van der Waals surface area contributed by atoms with Crippen LogP contribution >= 0.6 is 11.6 Å². The number of carbonyl (C=O) groups excluding carboxylic acids is 1. The molecule has 29 heavy (non-hydrogen) atoms. The summed E-state index contributed by atoms with van der Waals surface area (Å²) in [4.78, 5) is 16.4. The Kier molecular flexibility index (Phi) is 8.12. The highest BCUT2D eigenvalue weighted by Crippen LogP contribution is 2.36. The van der Waals surface area contributed by atoms with Gasteiger partial charge in [0.05, 0.1) is 16.8 Å². The van der Waals surface area contributed by atoms with Gasteiger partial charge in [0.1, 0.15) is 6.29 Å². The molecule has 3 atom stereocenters. The van der Waals surface area contributed by atoms with Crippen LogP contribution in [0.25, 0.3) is 0 Å². The van der Waals surface area contributed by atoms with E-state index in [0.717, 1.165) is 31.6 Å². The SMILES string of the molecule is CC1CC(NCCN(C)C)N(C)C(NC(=O)Nc2ccc(Cl)c(C(F)(F)F)c2)N1. The quantitative estimate of drug-likeness (QED) is 0.551. The molecule has 11 heteroatoms. The Hall–Kier alpha value is -1.59. The first-order valence-electron chi connectivity index (χ1n) is 9.27. The standard InChI is InChI=1S/C18H28ClF3N6O/c1-11-9-15(23-7-8-27(2)3)28(4)16(24-11)26-17(29)25-12-5-6-14(19)13(10-12)18(20,21)22/h5-6,10-11,15-16,23-24H,7-9H2,1-4H3,(H2,25,26,29). The van der Waals surface area contributed by atoms with Crippen molar-refractivity contribution in [1.29, 1.82) is 0 Å². The number of benzene rings is 1. The molecule has 1 aliphatic heterocycles. The Balaban J connectivity index is 1.98. The summed E-state index contributed by atoms with van der Waals surface area (Å²) in [6.45, 7) is 3.68. The smallest absolute Gasteiger partial charge is 0.309 e. The molecule has 1 aromatic rings. The molecule has 0 aromatic heterocycles. The molecule has 2 rings (SSSR count). The average molecular weight is 437 g/mol. The van der Waals surface area contributed by atoms with E-state index in [0.29, 0.717) is 0 Å². The van der Waals surface area contributed by atoms with Crippen LogP contribution in [0.3, 0.4) is 0 Å². The predicted molar refractivity (Wildman–Crippen MR) is 108 cm³/mol. The minimum atomic E-state index is -4.60. The number of nitrogens with one attached hydrogen (secondary N) is 4. The van der Waals surface area contributed by atoms with E-state index in [2.05, 4.69) is 26.2 Å². The van der Waals surface area contributed by atoms with Crippen molar-refractivity contribution in [1.82, 2.24) is 25.8 Å². The van der Waals surface area contributed by atoms with E-state index in [1.807, 2.05) is 33.0 Å². The highest BCUT2D eigenvalue weighted by atomic mass is 35.5. The molecule has 2 amide bonds. The predicted octanol–water partition coefficient (Wildman–Crippen LogP) is 2.55. The second kappa shape index (κ2) is 9.94. The van der Waals surface area contributed by atoms with Crippen LogP contribution in [0, 0.1) is 0 Å². The number of carbonyl (C=O) groups is 1. The van der Waals surface area contributed by atoms with Crippen molar-refractivity contribution in [3.8, 4) is 0 Å². The fourth-order valence-corrected chi connectivity index (χ4v) is 3.30. The van der Waals surface area contributed by atoms with E-state index in [9.17, 15) is 18.0 Å². The van der Waals surface area contributed by atoms with Gasteiger partial charge in [0.2, 0.25) is 0 Å². The van der Waals surface area contributed by atoms with E-state index < -0.39 is 29.1 Å². The highest BCUT2D eigenvalue weighted by molar-refractivity contribution is 6.31. The van der Waals surface area contributed by atoms with Gasteiger partial charge in [-0.15, -0.1) is 0 Å². The zero-order valence-corrected chi connectivity index (χ0v) is 17.7. The Bertz CT molecular complexity index is 703. The minimum absolute atomic E-state index is 0.00592. The third kappa shape index (κ3) is 7.00. The molecular weight excluding hydrogens is 409 g/mol. The summed E-state index contributed by atoms with van der Waals surface area (Å²) in [6, 6.07) is 2.77. The van der Waals surface area contributed by atoms with Gasteiger partial charge in [0, 0.05) is 24.8 Å². The van der Waals surface area contributed by atoms with Crippen LogP contribution in [0.5, 0.6) is 0 Å². The number of hydrogen-bond acceptors (Lipinski definition) is 5. The summed E-state index contributed by atoms with van der Waals surface area (Å²) in [5, 5.41) is 11.5. The van der Waals surface area contributed by atoms with E-state index in [1.165, 1.54) is 6.07 Å². The first-order chi connectivity index (χ1) is 13.5. The number of nitrogens with zero attached hydrogens (tertiary/aromatic N) is 2. The molecule has 1 aliphatic rings. The highest BCUT2D eigenvalue weighted by Gasteiger charge is 2.34. The maximum Gasteiger partial charge on any atom is 0.417 e. The number of rotatable bonds is 6. The number of urea groups is 1. The topological polar surface area (TPSA) is 71.7 Å². The number of halogens is 4. The fraction of sp³-hybridized carbons (Fsp3) is 0.611. The lowest BCUT2D eigenvalue weighted by Crippen LogP contribution is -2.68. The minimum Gasteiger partial charge on any atom is -0.309 e. The molecular formula is C18H28ClF3N6O.